The maximum atomic E-state index is 12.3. The Morgan fingerprint density at radius 1 is 1.17 bits per heavy atom. The number of nitrogens with zero attached hydrogens (tertiary/aromatic N) is 3. The van der Waals surface area contributed by atoms with Gasteiger partial charge in [0.1, 0.15) is 0 Å². The van der Waals surface area contributed by atoms with Crippen molar-refractivity contribution in [1.29, 1.82) is 0 Å². The van der Waals surface area contributed by atoms with Crippen molar-refractivity contribution in [3.63, 3.8) is 0 Å². The van der Waals surface area contributed by atoms with Gasteiger partial charge >= 0.3 is 0 Å². The Morgan fingerprint density at radius 3 is 2.91 bits per heavy atom. The first-order chi connectivity index (χ1) is 11.2. The van der Waals surface area contributed by atoms with Crippen molar-refractivity contribution in [1.82, 2.24) is 20.1 Å². The van der Waals surface area contributed by atoms with Crippen molar-refractivity contribution < 1.29 is 4.52 Å². The lowest BCUT2D eigenvalue weighted by atomic mass is 10.1. The number of hydrogen-bond acceptors (Lipinski definition) is 5. The molecule has 3 aromatic heterocycles. The van der Waals surface area contributed by atoms with Crippen molar-refractivity contribution in [2.75, 3.05) is 0 Å². The van der Waals surface area contributed by atoms with Gasteiger partial charge in [0.2, 0.25) is 5.82 Å². The van der Waals surface area contributed by atoms with Crippen molar-refractivity contribution >= 4 is 10.9 Å². The number of H-pyrrole nitrogens is 1. The highest BCUT2D eigenvalue weighted by atomic mass is 16.5. The molecule has 3 heterocycles. The molecule has 0 aliphatic rings. The second-order valence-corrected chi connectivity index (χ2v) is 5.27. The summed E-state index contributed by atoms with van der Waals surface area (Å²) >= 11 is 0. The Labute approximate surface area is 130 Å². The van der Waals surface area contributed by atoms with E-state index in [0.717, 1.165) is 16.5 Å². The van der Waals surface area contributed by atoms with Crippen LogP contribution in [0.1, 0.15) is 5.56 Å². The van der Waals surface area contributed by atoms with Crippen molar-refractivity contribution in [2.45, 2.75) is 6.92 Å². The summed E-state index contributed by atoms with van der Waals surface area (Å²) < 4.78 is 5.24. The normalized spacial score (nSPS) is 11.0. The van der Waals surface area contributed by atoms with Gasteiger partial charge < -0.3 is 9.51 Å². The van der Waals surface area contributed by atoms with Gasteiger partial charge in [0.05, 0.1) is 11.1 Å². The molecule has 0 saturated carbocycles. The topological polar surface area (TPSA) is 84.7 Å². The third kappa shape index (κ3) is 2.40. The van der Waals surface area contributed by atoms with E-state index in [2.05, 4.69) is 20.1 Å². The van der Waals surface area contributed by atoms with Gasteiger partial charge in [-0.05, 0) is 42.1 Å². The van der Waals surface area contributed by atoms with Crippen LogP contribution in [0.5, 0.6) is 0 Å². The molecule has 0 bridgehead atoms. The van der Waals surface area contributed by atoms with Gasteiger partial charge in [-0.2, -0.15) is 4.98 Å². The van der Waals surface area contributed by atoms with Crippen LogP contribution in [-0.4, -0.2) is 20.1 Å². The second kappa shape index (κ2) is 5.17. The number of hydrogen-bond donors (Lipinski definition) is 1. The zero-order valence-electron chi connectivity index (χ0n) is 12.3. The van der Waals surface area contributed by atoms with Crippen LogP contribution in [0, 0.1) is 6.92 Å². The number of benzene rings is 1. The zero-order chi connectivity index (χ0) is 15.8. The molecule has 0 atom stereocenters. The molecule has 4 aromatic rings. The van der Waals surface area contributed by atoms with Crippen LogP contribution in [0.15, 0.2) is 58.1 Å². The summed E-state index contributed by atoms with van der Waals surface area (Å²) in [5.41, 5.74) is 2.70. The first-order valence-corrected chi connectivity index (χ1v) is 7.09. The fourth-order valence-corrected chi connectivity index (χ4v) is 2.42. The summed E-state index contributed by atoms with van der Waals surface area (Å²) in [6.45, 7) is 1.98. The Balaban J connectivity index is 1.83. The standard InChI is InChI=1S/C17H12N4O2/c1-10-4-5-11-8-13(16(22)19-14(11)7-10)15-20-17(23-21-15)12-3-2-6-18-9-12/h2-9H,1H3,(H,19,22). The highest BCUT2D eigenvalue weighted by Crippen LogP contribution is 2.21. The first-order valence-electron chi connectivity index (χ1n) is 7.09. The molecule has 0 saturated heterocycles. The largest absolute Gasteiger partial charge is 0.334 e. The van der Waals surface area contributed by atoms with Crippen molar-refractivity contribution in [2.24, 2.45) is 0 Å². The first kappa shape index (κ1) is 13.4. The van der Waals surface area contributed by atoms with E-state index >= 15 is 0 Å². The fraction of sp³-hybridized carbons (Fsp3) is 0.0588. The molecule has 6 heteroatoms. The average molecular weight is 304 g/mol. The molecule has 0 aliphatic heterocycles. The molecule has 1 aromatic carbocycles. The minimum absolute atomic E-state index is 0.248. The van der Waals surface area contributed by atoms with Crippen LogP contribution < -0.4 is 5.56 Å². The van der Waals surface area contributed by atoms with Gasteiger partial charge in [-0.1, -0.05) is 17.3 Å². The van der Waals surface area contributed by atoms with Crippen molar-refractivity contribution in [3.8, 4) is 22.8 Å². The number of rotatable bonds is 2. The summed E-state index contributed by atoms with van der Waals surface area (Å²) in [5, 5.41) is 4.83. The van der Waals surface area contributed by atoms with Crippen LogP contribution in [0.4, 0.5) is 0 Å². The third-order valence-electron chi connectivity index (χ3n) is 3.58. The van der Waals surface area contributed by atoms with Gasteiger partial charge in [-0.3, -0.25) is 9.78 Å². The summed E-state index contributed by atoms with van der Waals surface area (Å²) in [6, 6.07) is 11.2. The number of nitrogens with one attached hydrogen (secondary N) is 1. The lowest BCUT2D eigenvalue weighted by Crippen LogP contribution is -2.09. The van der Waals surface area contributed by atoms with E-state index in [0.29, 0.717) is 17.0 Å². The molecule has 0 aliphatic carbocycles. The molecule has 6 nitrogen and oxygen atoms in total. The third-order valence-corrected chi connectivity index (χ3v) is 3.58. The highest BCUT2D eigenvalue weighted by molar-refractivity contribution is 5.83. The lowest BCUT2D eigenvalue weighted by molar-refractivity contribution is 0.432. The molecule has 4 rings (SSSR count). The monoisotopic (exact) mass is 304 g/mol. The van der Waals surface area contributed by atoms with E-state index in [4.69, 9.17) is 4.52 Å². The molecule has 0 radical (unpaired) electrons. The van der Waals surface area contributed by atoms with E-state index < -0.39 is 0 Å². The molecule has 0 amide bonds. The van der Waals surface area contributed by atoms with E-state index in [1.165, 1.54) is 0 Å². The minimum Gasteiger partial charge on any atom is -0.334 e. The number of aryl methyl sites for hydroxylation is 1. The maximum absolute atomic E-state index is 12.3. The van der Waals surface area contributed by atoms with Gasteiger partial charge in [0.15, 0.2) is 0 Å². The van der Waals surface area contributed by atoms with Gasteiger partial charge in [0, 0.05) is 17.9 Å². The summed E-state index contributed by atoms with van der Waals surface area (Å²) in [5.74, 6) is 0.587. The quantitative estimate of drug-likeness (QED) is 0.615. The fourth-order valence-electron chi connectivity index (χ4n) is 2.42. The molecular weight excluding hydrogens is 292 g/mol. The van der Waals surface area contributed by atoms with Crippen LogP contribution in [0.25, 0.3) is 33.7 Å². The Hall–Kier alpha value is -3.28. The van der Waals surface area contributed by atoms with Gasteiger partial charge in [-0.25, -0.2) is 0 Å². The van der Waals surface area contributed by atoms with E-state index in [-0.39, 0.29) is 11.4 Å². The predicted molar refractivity (Wildman–Crippen MR) is 85.8 cm³/mol. The molecule has 0 fully saturated rings. The number of aromatic amines is 1. The van der Waals surface area contributed by atoms with Crippen LogP contribution in [-0.2, 0) is 0 Å². The van der Waals surface area contributed by atoms with Crippen molar-refractivity contribution in [3.05, 3.63) is 64.7 Å². The summed E-state index contributed by atoms with van der Waals surface area (Å²) in [4.78, 5) is 23.5. The zero-order valence-corrected chi connectivity index (χ0v) is 12.3. The average Bonchev–Trinajstić information content (AvgIpc) is 3.05. The van der Waals surface area contributed by atoms with E-state index in [1.54, 1.807) is 24.5 Å². The maximum Gasteiger partial charge on any atom is 0.259 e. The van der Waals surface area contributed by atoms with Gasteiger partial charge in [0.25, 0.3) is 11.4 Å². The van der Waals surface area contributed by atoms with Gasteiger partial charge in [-0.15, -0.1) is 0 Å². The van der Waals surface area contributed by atoms with Crippen LogP contribution in [0.2, 0.25) is 0 Å². The van der Waals surface area contributed by atoms with E-state index in [9.17, 15) is 4.79 Å². The Kier molecular flexibility index (Phi) is 3.01. The molecular formula is C17H12N4O2. The Bertz CT molecular complexity index is 1050. The minimum atomic E-state index is -0.248. The number of fused-ring (bicyclic) bond motifs is 1. The SMILES string of the molecule is Cc1ccc2cc(-c3noc(-c4cccnc4)n3)c(=O)[nH]c2c1. The lowest BCUT2D eigenvalue weighted by Gasteiger charge is -2.01. The van der Waals surface area contributed by atoms with E-state index in [1.807, 2.05) is 31.2 Å². The molecule has 0 unspecified atom stereocenters. The number of aromatic nitrogens is 4. The predicted octanol–water partition coefficient (Wildman–Crippen LogP) is 2.95. The molecule has 0 spiro atoms. The molecule has 112 valence electrons. The number of pyridine rings is 2. The summed E-state index contributed by atoms with van der Waals surface area (Å²) in [6.07, 6.45) is 3.29. The summed E-state index contributed by atoms with van der Waals surface area (Å²) in [7, 11) is 0. The smallest absolute Gasteiger partial charge is 0.259 e. The second-order valence-electron chi connectivity index (χ2n) is 5.27. The highest BCUT2D eigenvalue weighted by Gasteiger charge is 2.14. The molecule has 23 heavy (non-hydrogen) atoms. The molecule has 1 N–H and O–H groups in total. The Morgan fingerprint density at radius 2 is 2.09 bits per heavy atom. The van der Waals surface area contributed by atoms with Crippen LogP contribution in [0.3, 0.4) is 0 Å². The van der Waals surface area contributed by atoms with Crippen LogP contribution >= 0.6 is 0 Å².